The van der Waals surface area contributed by atoms with Gasteiger partial charge >= 0.3 is 0 Å². The van der Waals surface area contributed by atoms with Crippen molar-refractivity contribution in [2.75, 3.05) is 23.3 Å². The summed E-state index contributed by atoms with van der Waals surface area (Å²) in [6.07, 6.45) is 4.96. The largest absolute Gasteiger partial charge is 0.341 e. The summed E-state index contributed by atoms with van der Waals surface area (Å²) in [4.78, 5) is 23.7. The molecule has 1 aliphatic rings. The van der Waals surface area contributed by atoms with Crippen LogP contribution in [0, 0.1) is 12.8 Å². The second kappa shape index (κ2) is 7.64. The quantitative estimate of drug-likeness (QED) is 0.920. The van der Waals surface area contributed by atoms with Crippen LogP contribution in [0.25, 0.3) is 0 Å². The molecule has 1 amide bonds. The molecule has 3 rings (SSSR count). The molecule has 0 unspecified atom stereocenters. The molecule has 25 heavy (non-hydrogen) atoms. The van der Waals surface area contributed by atoms with Gasteiger partial charge in [0, 0.05) is 25.0 Å². The van der Waals surface area contributed by atoms with Crippen molar-refractivity contribution < 1.29 is 4.79 Å². The lowest BCUT2D eigenvalue weighted by atomic mass is 10.00. The minimum atomic E-state index is -0.166. The molecule has 2 heterocycles. The van der Waals surface area contributed by atoms with E-state index in [1.807, 2.05) is 31.2 Å². The van der Waals surface area contributed by atoms with Gasteiger partial charge in [-0.2, -0.15) is 0 Å². The molecule has 1 fully saturated rings. The van der Waals surface area contributed by atoms with E-state index in [2.05, 4.69) is 34.0 Å². The molecule has 5 nitrogen and oxygen atoms in total. The van der Waals surface area contributed by atoms with Crippen molar-refractivity contribution in [3.05, 3.63) is 47.3 Å². The van der Waals surface area contributed by atoms with Gasteiger partial charge in [-0.25, -0.2) is 9.97 Å². The van der Waals surface area contributed by atoms with Crippen LogP contribution in [0.3, 0.4) is 0 Å². The number of benzene rings is 1. The van der Waals surface area contributed by atoms with Crippen molar-refractivity contribution in [1.82, 2.24) is 9.97 Å². The van der Waals surface area contributed by atoms with Gasteiger partial charge in [-0.15, -0.1) is 0 Å². The summed E-state index contributed by atoms with van der Waals surface area (Å²) >= 11 is 0. The van der Waals surface area contributed by atoms with Crippen LogP contribution in [-0.2, 0) is 6.42 Å². The lowest BCUT2D eigenvalue weighted by molar-refractivity contribution is 0.102. The molecule has 0 saturated carbocycles. The maximum absolute atomic E-state index is 12.5. The lowest BCUT2D eigenvalue weighted by Crippen LogP contribution is -2.34. The van der Waals surface area contributed by atoms with Crippen molar-refractivity contribution in [3.8, 4) is 0 Å². The zero-order valence-electron chi connectivity index (χ0n) is 15.2. The first kappa shape index (κ1) is 17.4. The molecule has 132 valence electrons. The number of amides is 1. The number of rotatable bonds is 4. The summed E-state index contributed by atoms with van der Waals surface area (Å²) in [6.45, 7) is 8.22. The molecule has 0 radical (unpaired) electrons. The lowest BCUT2D eigenvalue weighted by Gasteiger charge is -2.30. The number of hydrogen-bond acceptors (Lipinski definition) is 4. The van der Waals surface area contributed by atoms with E-state index in [0.29, 0.717) is 11.3 Å². The molecule has 0 bridgehead atoms. The molecule has 1 aliphatic heterocycles. The fourth-order valence-corrected chi connectivity index (χ4v) is 3.06. The molecule has 1 saturated heterocycles. The van der Waals surface area contributed by atoms with Crippen molar-refractivity contribution in [2.24, 2.45) is 5.92 Å². The second-order valence-electron chi connectivity index (χ2n) is 6.84. The van der Waals surface area contributed by atoms with E-state index in [1.165, 1.54) is 18.4 Å². The van der Waals surface area contributed by atoms with E-state index in [4.69, 9.17) is 0 Å². The third-order valence-corrected chi connectivity index (χ3v) is 4.90. The topological polar surface area (TPSA) is 58.1 Å². The van der Waals surface area contributed by atoms with Crippen LogP contribution in [0.1, 0.15) is 48.3 Å². The summed E-state index contributed by atoms with van der Waals surface area (Å²) in [5, 5.41) is 2.92. The number of piperidine rings is 1. The maximum atomic E-state index is 12.5. The third-order valence-electron chi connectivity index (χ3n) is 4.90. The average Bonchev–Trinajstić information content (AvgIpc) is 2.62. The van der Waals surface area contributed by atoms with Crippen LogP contribution in [0.4, 0.5) is 11.6 Å². The maximum Gasteiger partial charge on any atom is 0.259 e. The Morgan fingerprint density at radius 3 is 2.52 bits per heavy atom. The summed E-state index contributed by atoms with van der Waals surface area (Å²) in [5.41, 5.74) is 3.27. The van der Waals surface area contributed by atoms with Gasteiger partial charge in [-0.1, -0.05) is 26.0 Å². The Bertz CT molecular complexity index is 734. The minimum absolute atomic E-state index is 0.166. The highest BCUT2D eigenvalue weighted by molar-refractivity contribution is 6.04. The molecule has 0 aliphatic carbocycles. The number of carbonyl (C=O) groups is 1. The molecule has 5 heteroatoms. The highest BCUT2D eigenvalue weighted by atomic mass is 16.1. The van der Waals surface area contributed by atoms with Crippen molar-refractivity contribution in [1.29, 1.82) is 0 Å². The first-order chi connectivity index (χ1) is 12.1. The van der Waals surface area contributed by atoms with Crippen LogP contribution in [0.15, 0.2) is 30.5 Å². The van der Waals surface area contributed by atoms with E-state index in [9.17, 15) is 4.79 Å². The van der Waals surface area contributed by atoms with Gasteiger partial charge in [-0.05, 0) is 49.8 Å². The number of nitrogens with zero attached hydrogens (tertiary/aromatic N) is 3. The van der Waals surface area contributed by atoms with Crippen molar-refractivity contribution in [2.45, 2.75) is 40.0 Å². The van der Waals surface area contributed by atoms with Gasteiger partial charge in [0.2, 0.25) is 5.95 Å². The monoisotopic (exact) mass is 338 g/mol. The van der Waals surface area contributed by atoms with Crippen LogP contribution in [0.2, 0.25) is 0 Å². The van der Waals surface area contributed by atoms with Gasteiger partial charge in [0.25, 0.3) is 5.91 Å². The zero-order valence-corrected chi connectivity index (χ0v) is 15.2. The number of carbonyl (C=O) groups excluding carboxylic acids is 1. The van der Waals surface area contributed by atoms with E-state index >= 15 is 0 Å². The van der Waals surface area contributed by atoms with Gasteiger partial charge in [-0.3, -0.25) is 4.79 Å². The molecule has 1 aromatic carbocycles. The predicted molar refractivity (Wildman–Crippen MR) is 101 cm³/mol. The number of aryl methyl sites for hydroxylation is 2. The zero-order chi connectivity index (χ0) is 17.8. The summed E-state index contributed by atoms with van der Waals surface area (Å²) in [6, 6.07) is 7.91. The van der Waals surface area contributed by atoms with E-state index in [-0.39, 0.29) is 5.91 Å². The smallest absolute Gasteiger partial charge is 0.259 e. The Hall–Kier alpha value is -2.43. The van der Waals surface area contributed by atoms with E-state index in [1.54, 1.807) is 6.20 Å². The van der Waals surface area contributed by atoms with Gasteiger partial charge in [0.05, 0.1) is 11.3 Å². The Kier molecular flexibility index (Phi) is 5.31. The average molecular weight is 338 g/mol. The molecule has 0 atom stereocenters. The minimum Gasteiger partial charge on any atom is -0.341 e. The molecule has 0 spiro atoms. The molecule has 1 aromatic heterocycles. The van der Waals surface area contributed by atoms with Crippen LogP contribution < -0.4 is 10.2 Å². The number of nitrogens with one attached hydrogen (secondary N) is 1. The van der Waals surface area contributed by atoms with E-state index in [0.717, 1.165) is 37.1 Å². The first-order valence-electron chi connectivity index (χ1n) is 9.05. The fourth-order valence-electron chi connectivity index (χ4n) is 3.06. The Morgan fingerprint density at radius 2 is 1.92 bits per heavy atom. The number of aromatic nitrogens is 2. The Morgan fingerprint density at radius 1 is 1.24 bits per heavy atom. The summed E-state index contributed by atoms with van der Waals surface area (Å²) in [5.74, 6) is 1.33. The van der Waals surface area contributed by atoms with E-state index < -0.39 is 0 Å². The van der Waals surface area contributed by atoms with Gasteiger partial charge in [0.1, 0.15) is 0 Å². The standard InChI is InChI=1S/C20H26N4O/c1-4-16-5-7-17(8-6-16)23-19(25)18-13-21-20(22-15(18)3)24-11-9-14(2)10-12-24/h5-8,13-14H,4,9-12H2,1-3H3,(H,23,25). The molecule has 2 aromatic rings. The first-order valence-corrected chi connectivity index (χ1v) is 9.05. The van der Waals surface area contributed by atoms with Crippen molar-refractivity contribution >= 4 is 17.5 Å². The third kappa shape index (κ3) is 4.16. The highest BCUT2D eigenvalue weighted by Crippen LogP contribution is 2.21. The number of hydrogen-bond donors (Lipinski definition) is 1. The number of anilines is 2. The van der Waals surface area contributed by atoms with Crippen LogP contribution in [0.5, 0.6) is 0 Å². The summed E-state index contributed by atoms with van der Waals surface area (Å²) in [7, 11) is 0. The fraction of sp³-hybridized carbons (Fsp3) is 0.450. The normalized spacial score (nSPS) is 15.2. The Labute approximate surface area is 149 Å². The van der Waals surface area contributed by atoms with Crippen LogP contribution in [-0.4, -0.2) is 29.0 Å². The molecular formula is C20H26N4O. The second-order valence-corrected chi connectivity index (χ2v) is 6.84. The van der Waals surface area contributed by atoms with Crippen LogP contribution >= 0.6 is 0 Å². The Balaban J connectivity index is 1.70. The molecular weight excluding hydrogens is 312 g/mol. The SMILES string of the molecule is CCc1ccc(NC(=O)c2cnc(N3CCC(C)CC3)nc2C)cc1. The highest BCUT2D eigenvalue weighted by Gasteiger charge is 2.19. The van der Waals surface area contributed by atoms with Crippen molar-refractivity contribution in [3.63, 3.8) is 0 Å². The predicted octanol–water partition coefficient (Wildman–Crippen LogP) is 3.84. The van der Waals surface area contributed by atoms with Gasteiger partial charge < -0.3 is 10.2 Å². The molecule has 1 N–H and O–H groups in total. The summed E-state index contributed by atoms with van der Waals surface area (Å²) < 4.78 is 0. The van der Waals surface area contributed by atoms with Gasteiger partial charge in [0.15, 0.2) is 0 Å².